The van der Waals surface area contributed by atoms with Crippen molar-refractivity contribution in [2.75, 3.05) is 12.0 Å². The summed E-state index contributed by atoms with van der Waals surface area (Å²) in [5.41, 5.74) is 5.69. The molecule has 0 spiro atoms. The zero-order valence-electron chi connectivity index (χ0n) is 19.2. The zero-order valence-corrected chi connectivity index (χ0v) is 19.2. The van der Waals surface area contributed by atoms with Crippen LogP contribution in [-0.2, 0) is 24.1 Å². The van der Waals surface area contributed by atoms with Gasteiger partial charge in [0.05, 0.1) is 23.8 Å². The number of amides is 1. The molecule has 5 heteroatoms. The molecule has 1 aliphatic heterocycles. The Morgan fingerprint density at radius 3 is 2.59 bits per heavy atom. The predicted octanol–water partition coefficient (Wildman–Crippen LogP) is 6.11. The number of anilines is 1. The lowest BCUT2D eigenvalue weighted by molar-refractivity contribution is 0.175. The molecule has 0 saturated heterocycles. The average molecular weight is 432 g/mol. The van der Waals surface area contributed by atoms with Crippen molar-refractivity contribution in [3.05, 3.63) is 59.4 Å². The third kappa shape index (κ3) is 3.89. The highest BCUT2D eigenvalue weighted by Crippen LogP contribution is 2.37. The summed E-state index contributed by atoms with van der Waals surface area (Å²) in [4.78, 5) is 19.5. The summed E-state index contributed by atoms with van der Waals surface area (Å²) in [6, 6.07) is 15.0. The maximum Gasteiger partial charge on any atom is 0.414 e. The molecule has 2 aliphatic rings. The minimum absolute atomic E-state index is 0.125. The van der Waals surface area contributed by atoms with Gasteiger partial charge in [-0.3, -0.25) is 4.90 Å². The van der Waals surface area contributed by atoms with E-state index in [0.717, 1.165) is 48.8 Å². The first-order valence-electron chi connectivity index (χ1n) is 12.1. The second kappa shape index (κ2) is 8.97. The van der Waals surface area contributed by atoms with Gasteiger partial charge in [0.25, 0.3) is 0 Å². The number of hydrogen-bond donors (Lipinski definition) is 0. The maximum absolute atomic E-state index is 12.5. The van der Waals surface area contributed by atoms with E-state index < -0.39 is 0 Å². The summed E-state index contributed by atoms with van der Waals surface area (Å²) in [6.07, 6.45) is 9.06. The van der Waals surface area contributed by atoms with E-state index in [9.17, 15) is 4.79 Å². The van der Waals surface area contributed by atoms with Crippen LogP contribution in [0.2, 0.25) is 0 Å². The Morgan fingerprint density at radius 2 is 1.84 bits per heavy atom. The number of methoxy groups -OCH3 is 1. The number of nitrogens with zero attached hydrogens (tertiary/aromatic N) is 3. The van der Waals surface area contributed by atoms with E-state index in [4.69, 9.17) is 9.72 Å². The number of aryl methyl sites for hydroxylation is 1. The second-order valence-electron chi connectivity index (χ2n) is 9.46. The molecule has 5 nitrogen and oxygen atoms in total. The number of aromatic nitrogens is 2. The van der Waals surface area contributed by atoms with Crippen molar-refractivity contribution in [2.45, 2.75) is 70.9 Å². The summed E-state index contributed by atoms with van der Waals surface area (Å²) >= 11 is 0. The van der Waals surface area contributed by atoms with Gasteiger partial charge in [-0.15, -0.1) is 0 Å². The molecule has 0 N–H and O–H groups in total. The Labute approximate surface area is 190 Å². The molecule has 1 fully saturated rings. The Hall–Kier alpha value is -2.82. The Bertz CT molecular complexity index is 1100. The van der Waals surface area contributed by atoms with Crippen molar-refractivity contribution in [3.63, 3.8) is 0 Å². The van der Waals surface area contributed by atoms with Crippen LogP contribution >= 0.6 is 0 Å². The number of fused-ring (bicyclic) bond motifs is 3. The van der Waals surface area contributed by atoms with Crippen molar-refractivity contribution in [1.82, 2.24) is 9.55 Å². The lowest BCUT2D eigenvalue weighted by atomic mass is 9.89. The van der Waals surface area contributed by atoms with Crippen molar-refractivity contribution in [2.24, 2.45) is 5.92 Å². The monoisotopic (exact) mass is 431 g/mol. The lowest BCUT2D eigenvalue weighted by Crippen LogP contribution is -2.42. The summed E-state index contributed by atoms with van der Waals surface area (Å²) in [7, 11) is 1.46. The molecule has 0 radical (unpaired) electrons. The van der Waals surface area contributed by atoms with Gasteiger partial charge in [0.1, 0.15) is 5.82 Å². The number of imidazole rings is 1. The molecule has 2 aromatic carbocycles. The highest BCUT2D eigenvalue weighted by atomic mass is 16.5. The minimum Gasteiger partial charge on any atom is -0.452 e. The molecule has 1 aliphatic carbocycles. The molecule has 1 aromatic heterocycles. The normalized spacial score (nSPS) is 19.2. The molecule has 2 heterocycles. The van der Waals surface area contributed by atoms with Gasteiger partial charge in [0, 0.05) is 24.6 Å². The smallest absolute Gasteiger partial charge is 0.414 e. The number of hydrogen-bond acceptors (Lipinski definition) is 3. The first kappa shape index (κ1) is 21.0. The molecule has 168 valence electrons. The predicted molar refractivity (Wildman–Crippen MR) is 128 cm³/mol. The van der Waals surface area contributed by atoms with Crippen LogP contribution in [0.4, 0.5) is 10.5 Å². The molecule has 1 atom stereocenters. The van der Waals surface area contributed by atoms with Gasteiger partial charge in [0.2, 0.25) is 0 Å². The highest BCUT2D eigenvalue weighted by molar-refractivity contribution is 5.95. The van der Waals surface area contributed by atoms with E-state index in [1.165, 1.54) is 55.9 Å². The van der Waals surface area contributed by atoms with Gasteiger partial charge in [-0.25, -0.2) is 9.78 Å². The van der Waals surface area contributed by atoms with Crippen LogP contribution in [0.1, 0.15) is 62.4 Å². The SMILES string of the molecule is COC(=O)N1c2ccc3c(nc(Cc4ccccc4)n3CC3CCCCC3)c2CC[C@@H]1C. The van der Waals surface area contributed by atoms with Crippen LogP contribution in [0.25, 0.3) is 11.0 Å². The quantitative estimate of drug-likeness (QED) is 0.500. The Morgan fingerprint density at radius 1 is 1.06 bits per heavy atom. The fourth-order valence-electron chi connectivity index (χ4n) is 5.60. The zero-order chi connectivity index (χ0) is 22.1. The lowest BCUT2D eigenvalue weighted by Gasteiger charge is -2.34. The summed E-state index contributed by atoms with van der Waals surface area (Å²) in [6.45, 7) is 3.13. The largest absolute Gasteiger partial charge is 0.452 e. The molecular formula is C27H33N3O2. The van der Waals surface area contributed by atoms with Crippen LogP contribution in [0.5, 0.6) is 0 Å². The fourth-order valence-corrected chi connectivity index (χ4v) is 5.60. The molecule has 0 bridgehead atoms. The van der Waals surface area contributed by atoms with Gasteiger partial charge in [0.15, 0.2) is 0 Å². The van der Waals surface area contributed by atoms with E-state index in [-0.39, 0.29) is 12.1 Å². The van der Waals surface area contributed by atoms with Crippen LogP contribution in [0, 0.1) is 5.92 Å². The van der Waals surface area contributed by atoms with Crippen LogP contribution < -0.4 is 4.90 Å². The molecule has 3 aromatic rings. The van der Waals surface area contributed by atoms with Crippen molar-refractivity contribution < 1.29 is 9.53 Å². The van der Waals surface area contributed by atoms with Crippen molar-refractivity contribution >= 4 is 22.8 Å². The first-order valence-corrected chi connectivity index (χ1v) is 12.1. The summed E-state index contributed by atoms with van der Waals surface area (Å²) < 4.78 is 7.57. The van der Waals surface area contributed by atoms with E-state index in [2.05, 4.69) is 54.0 Å². The number of rotatable bonds is 4. The molecular weight excluding hydrogens is 398 g/mol. The van der Waals surface area contributed by atoms with E-state index in [1.807, 2.05) is 0 Å². The summed E-state index contributed by atoms with van der Waals surface area (Å²) in [5, 5.41) is 0. The van der Waals surface area contributed by atoms with Crippen molar-refractivity contribution in [3.8, 4) is 0 Å². The van der Waals surface area contributed by atoms with Gasteiger partial charge in [-0.2, -0.15) is 0 Å². The van der Waals surface area contributed by atoms with Crippen LogP contribution in [0.3, 0.4) is 0 Å². The minimum atomic E-state index is -0.288. The third-order valence-electron chi connectivity index (χ3n) is 7.33. The second-order valence-corrected chi connectivity index (χ2v) is 9.46. The van der Waals surface area contributed by atoms with Gasteiger partial charge >= 0.3 is 6.09 Å². The van der Waals surface area contributed by atoms with E-state index >= 15 is 0 Å². The van der Waals surface area contributed by atoms with Gasteiger partial charge in [-0.1, -0.05) is 49.6 Å². The van der Waals surface area contributed by atoms with Gasteiger partial charge < -0.3 is 9.30 Å². The first-order chi connectivity index (χ1) is 15.7. The Kier molecular flexibility index (Phi) is 5.90. The Balaban J connectivity index is 1.61. The number of ether oxygens (including phenoxy) is 1. The van der Waals surface area contributed by atoms with E-state index in [0.29, 0.717) is 0 Å². The molecule has 1 saturated carbocycles. The van der Waals surface area contributed by atoms with E-state index in [1.54, 1.807) is 4.90 Å². The maximum atomic E-state index is 12.5. The third-order valence-corrected chi connectivity index (χ3v) is 7.33. The van der Waals surface area contributed by atoms with Crippen LogP contribution in [0.15, 0.2) is 42.5 Å². The topological polar surface area (TPSA) is 47.4 Å². The summed E-state index contributed by atoms with van der Waals surface area (Å²) in [5.74, 6) is 1.85. The molecule has 1 amide bonds. The number of carbonyl (C=O) groups excluding carboxylic acids is 1. The molecule has 5 rings (SSSR count). The fraction of sp³-hybridized carbons (Fsp3) is 0.481. The number of carbonyl (C=O) groups is 1. The highest BCUT2D eigenvalue weighted by Gasteiger charge is 2.31. The molecule has 0 unspecified atom stereocenters. The number of benzene rings is 2. The van der Waals surface area contributed by atoms with Crippen LogP contribution in [-0.4, -0.2) is 28.8 Å². The molecule has 32 heavy (non-hydrogen) atoms. The standard InChI is InChI=1S/C27H33N3O2/c1-19-13-14-22-23(30(19)27(31)32-2)15-16-24-26(22)28-25(17-20-9-5-3-6-10-20)29(24)18-21-11-7-4-8-12-21/h3,5-6,9-10,15-16,19,21H,4,7-8,11-14,17-18H2,1-2H3/t19-/m0/s1. The van der Waals surface area contributed by atoms with Gasteiger partial charge in [-0.05, 0) is 56.2 Å². The van der Waals surface area contributed by atoms with Crippen molar-refractivity contribution in [1.29, 1.82) is 0 Å². The average Bonchev–Trinajstić information content (AvgIpc) is 3.16.